The first-order valence-corrected chi connectivity index (χ1v) is 10.7. The molecule has 3 rings (SSSR count). The van der Waals surface area contributed by atoms with Crippen molar-refractivity contribution in [2.75, 3.05) is 27.8 Å². The minimum absolute atomic E-state index is 0.0301. The van der Waals surface area contributed by atoms with E-state index in [-0.39, 0.29) is 18.0 Å². The number of benzene rings is 2. The predicted molar refractivity (Wildman–Crippen MR) is 121 cm³/mol. The summed E-state index contributed by atoms with van der Waals surface area (Å²) >= 11 is 1.70. The minimum atomic E-state index is -0.264. The number of hydrogen-bond acceptors (Lipinski definition) is 5. The van der Waals surface area contributed by atoms with E-state index in [1.165, 1.54) is 4.88 Å². The van der Waals surface area contributed by atoms with E-state index in [1.807, 2.05) is 61.6 Å². The highest BCUT2D eigenvalue weighted by atomic mass is 32.1. The summed E-state index contributed by atoms with van der Waals surface area (Å²) in [7, 11) is 5.25. The lowest BCUT2D eigenvalue weighted by molar-refractivity contribution is -0.122. The summed E-state index contributed by atoms with van der Waals surface area (Å²) in [6.45, 7) is 2.42. The van der Waals surface area contributed by atoms with E-state index >= 15 is 0 Å². The lowest BCUT2D eigenvalue weighted by atomic mass is 9.98. The van der Waals surface area contributed by atoms with Crippen LogP contribution in [-0.4, -0.2) is 38.6 Å². The summed E-state index contributed by atoms with van der Waals surface area (Å²) in [5, 5.41) is 5.26. The van der Waals surface area contributed by atoms with Crippen LogP contribution in [0.5, 0.6) is 11.5 Å². The highest BCUT2D eigenvalue weighted by Gasteiger charge is 2.20. The third-order valence-electron chi connectivity index (χ3n) is 5.21. The average Bonchev–Trinajstić information content (AvgIpc) is 3.32. The fraction of sp³-hybridized carbons (Fsp3) is 0.292. The highest BCUT2D eigenvalue weighted by Crippen LogP contribution is 2.27. The van der Waals surface area contributed by atoms with E-state index in [1.54, 1.807) is 25.6 Å². The number of ether oxygens (including phenoxy) is 2. The van der Waals surface area contributed by atoms with Crippen LogP contribution >= 0.6 is 11.3 Å². The molecule has 0 spiro atoms. The first-order valence-electron chi connectivity index (χ1n) is 9.82. The van der Waals surface area contributed by atoms with Gasteiger partial charge in [-0.2, -0.15) is 0 Å². The SMILES string of the molecule is COc1ccc(C(NC(=O)CN(C)C(C)c2cccs2)c2ccc(OC)cc2)cc1. The van der Waals surface area contributed by atoms with Gasteiger partial charge >= 0.3 is 0 Å². The number of carbonyl (C=O) groups excluding carboxylic acids is 1. The minimum Gasteiger partial charge on any atom is -0.497 e. The van der Waals surface area contributed by atoms with Crippen LogP contribution in [0.4, 0.5) is 0 Å². The summed E-state index contributed by atoms with van der Waals surface area (Å²) in [4.78, 5) is 16.2. The second kappa shape index (κ2) is 10.3. The van der Waals surface area contributed by atoms with Gasteiger partial charge in [0.15, 0.2) is 0 Å². The maximum atomic E-state index is 12.9. The number of nitrogens with zero attached hydrogens (tertiary/aromatic N) is 1. The molecule has 0 aliphatic rings. The summed E-state index contributed by atoms with van der Waals surface area (Å²) < 4.78 is 10.5. The van der Waals surface area contributed by atoms with Crippen molar-refractivity contribution in [1.82, 2.24) is 10.2 Å². The molecule has 3 aromatic rings. The molecule has 1 atom stereocenters. The number of hydrogen-bond donors (Lipinski definition) is 1. The van der Waals surface area contributed by atoms with Crippen molar-refractivity contribution in [1.29, 1.82) is 0 Å². The van der Waals surface area contributed by atoms with Gasteiger partial charge in [-0.05, 0) is 60.8 Å². The van der Waals surface area contributed by atoms with Gasteiger partial charge in [0.05, 0.1) is 26.8 Å². The molecule has 1 aromatic heterocycles. The molecule has 0 saturated heterocycles. The molecule has 1 heterocycles. The van der Waals surface area contributed by atoms with Crippen LogP contribution in [0, 0.1) is 0 Å². The maximum absolute atomic E-state index is 12.9. The predicted octanol–water partition coefficient (Wildman–Crippen LogP) is 4.66. The summed E-state index contributed by atoms with van der Waals surface area (Å²) in [6.07, 6.45) is 0. The lowest BCUT2D eigenvalue weighted by Gasteiger charge is -2.26. The second-order valence-corrected chi connectivity index (χ2v) is 8.13. The third-order valence-corrected chi connectivity index (χ3v) is 6.26. The van der Waals surface area contributed by atoms with E-state index in [0.717, 1.165) is 22.6 Å². The number of amides is 1. The highest BCUT2D eigenvalue weighted by molar-refractivity contribution is 7.10. The molecular formula is C24H28N2O3S. The normalized spacial score (nSPS) is 12.1. The molecule has 1 amide bonds. The van der Waals surface area contributed by atoms with Crippen LogP contribution in [0.2, 0.25) is 0 Å². The van der Waals surface area contributed by atoms with Crippen LogP contribution < -0.4 is 14.8 Å². The number of likely N-dealkylation sites (N-methyl/N-ethyl adjacent to an activating group) is 1. The molecule has 0 radical (unpaired) electrons. The van der Waals surface area contributed by atoms with Crippen LogP contribution in [0.25, 0.3) is 0 Å². The van der Waals surface area contributed by atoms with Gasteiger partial charge in [0.2, 0.25) is 5.91 Å². The molecule has 0 saturated carbocycles. The van der Waals surface area contributed by atoms with Crippen LogP contribution in [0.15, 0.2) is 66.0 Å². The van der Waals surface area contributed by atoms with Gasteiger partial charge in [-0.15, -0.1) is 11.3 Å². The molecule has 6 heteroatoms. The number of carbonyl (C=O) groups is 1. The van der Waals surface area contributed by atoms with Crippen molar-refractivity contribution in [2.45, 2.75) is 19.0 Å². The molecule has 158 valence electrons. The van der Waals surface area contributed by atoms with E-state index < -0.39 is 0 Å². The monoisotopic (exact) mass is 424 g/mol. The van der Waals surface area contributed by atoms with Crippen molar-refractivity contribution in [3.63, 3.8) is 0 Å². The van der Waals surface area contributed by atoms with Gasteiger partial charge in [-0.3, -0.25) is 9.69 Å². The summed E-state index contributed by atoms with van der Waals surface area (Å²) in [5.41, 5.74) is 1.98. The van der Waals surface area contributed by atoms with Gasteiger partial charge in [-0.25, -0.2) is 0 Å². The maximum Gasteiger partial charge on any atom is 0.234 e. The van der Waals surface area contributed by atoms with Gasteiger partial charge < -0.3 is 14.8 Å². The Morgan fingerprint density at radius 3 is 1.93 bits per heavy atom. The molecule has 2 aromatic carbocycles. The molecule has 5 nitrogen and oxygen atoms in total. The van der Waals surface area contributed by atoms with Crippen LogP contribution in [-0.2, 0) is 4.79 Å². The number of nitrogens with one attached hydrogen (secondary N) is 1. The Morgan fingerprint density at radius 1 is 0.967 bits per heavy atom. The fourth-order valence-electron chi connectivity index (χ4n) is 3.27. The van der Waals surface area contributed by atoms with Crippen molar-refractivity contribution in [3.8, 4) is 11.5 Å². The molecule has 0 fully saturated rings. The number of rotatable bonds is 9. The molecule has 0 aliphatic heterocycles. The van der Waals surface area contributed by atoms with Crippen LogP contribution in [0.3, 0.4) is 0 Å². The van der Waals surface area contributed by atoms with E-state index in [2.05, 4.69) is 28.6 Å². The van der Waals surface area contributed by atoms with E-state index in [0.29, 0.717) is 6.54 Å². The standard InChI is InChI=1S/C24H28N2O3S/c1-17(22-6-5-15-30-22)26(2)16-23(27)25-24(18-7-11-20(28-3)12-8-18)19-9-13-21(29-4)14-10-19/h5-15,17,24H,16H2,1-4H3,(H,25,27). The van der Waals surface area contributed by atoms with Gasteiger partial charge in [0.25, 0.3) is 0 Å². The van der Waals surface area contributed by atoms with Gasteiger partial charge in [0, 0.05) is 10.9 Å². The third kappa shape index (κ3) is 5.40. The Labute approximate surface area is 182 Å². The van der Waals surface area contributed by atoms with Crippen molar-refractivity contribution in [2.24, 2.45) is 0 Å². The number of thiophene rings is 1. The quantitative estimate of drug-likeness (QED) is 0.543. The van der Waals surface area contributed by atoms with Gasteiger partial charge in [-0.1, -0.05) is 30.3 Å². The van der Waals surface area contributed by atoms with Crippen molar-refractivity contribution in [3.05, 3.63) is 82.0 Å². The van der Waals surface area contributed by atoms with Crippen molar-refractivity contribution >= 4 is 17.2 Å². The zero-order chi connectivity index (χ0) is 21.5. The van der Waals surface area contributed by atoms with E-state index in [4.69, 9.17) is 9.47 Å². The Balaban J connectivity index is 1.77. The Morgan fingerprint density at radius 2 is 1.50 bits per heavy atom. The average molecular weight is 425 g/mol. The number of methoxy groups -OCH3 is 2. The summed E-state index contributed by atoms with van der Waals surface area (Å²) in [5.74, 6) is 1.53. The Kier molecular flexibility index (Phi) is 7.49. The smallest absolute Gasteiger partial charge is 0.234 e. The zero-order valence-corrected chi connectivity index (χ0v) is 18.6. The second-order valence-electron chi connectivity index (χ2n) is 7.15. The molecule has 0 aliphatic carbocycles. The van der Waals surface area contributed by atoms with Gasteiger partial charge in [0.1, 0.15) is 11.5 Å². The molecular weight excluding hydrogens is 396 g/mol. The molecule has 0 bridgehead atoms. The summed E-state index contributed by atoms with van der Waals surface area (Å²) in [6, 6.07) is 19.6. The Hall–Kier alpha value is -2.83. The lowest BCUT2D eigenvalue weighted by Crippen LogP contribution is -2.38. The molecule has 30 heavy (non-hydrogen) atoms. The fourth-order valence-corrected chi connectivity index (χ4v) is 4.12. The van der Waals surface area contributed by atoms with E-state index in [9.17, 15) is 4.79 Å². The first-order chi connectivity index (χ1) is 14.5. The van der Waals surface area contributed by atoms with Crippen molar-refractivity contribution < 1.29 is 14.3 Å². The zero-order valence-electron chi connectivity index (χ0n) is 17.8. The Bertz CT molecular complexity index is 877. The largest absolute Gasteiger partial charge is 0.497 e. The topological polar surface area (TPSA) is 50.8 Å². The van der Waals surface area contributed by atoms with Crippen LogP contribution in [0.1, 0.15) is 35.0 Å². The first kappa shape index (κ1) is 21.9. The molecule has 1 unspecified atom stereocenters. The molecule has 1 N–H and O–H groups in total.